The fourth-order valence-corrected chi connectivity index (χ4v) is 2.04. The van der Waals surface area contributed by atoms with Crippen LogP contribution in [0.5, 0.6) is 0 Å². The Bertz CT molecular complexity index is 463. The number of aryl methyl sites for hydroxylation is 1. The lowest BCUT2D eigenvalue weighted by molar-refractivity contribution is 0.926. The normalized spacial score (nSPS) is 10.6. The maximum atomic E-state index is 5.65. The summed E-state index contributed by atoms with van der Waals surface area (Å²) in [6.07, 6.45) is 0. The van der Waals surface area contributed by atoms with E-state index < -0.39 is 0 Å². The van der Waals surface area contributed by atoms with Gasteiger partial charge >= 0.3 is 0 Å². The van der Waals surface area contributed by atoms with E-state index in [1.807, 2.05) is 30.7 Å². The van der Waals surface area contributed by atoms with Crippen molar-refractivity contribution in [2.45, 2.75) is 20.4 Å². The third-order valence-corrected chi connectivity index (χ3v) is 3.15. The molecule has 0 bridgehead atoms. The van der Waals surface area contributed by atoms with Crippen molar-refractivity contribution in [2.24, 2.45) is 5.73 Å². The summed E-state index contributed by atoms with van der Waals surface area (Å²) in [4.78, 5) is 8.93. The van der Waals surface area contributed by atoms with E-state index in [2.05, 4.69) is 9.97 Å². The highest BCUT2D eigenvalue weighted by molar-refractivity contribution is 7.08. The molecular weight excluding hydrogens is 206 g/mol. The topological polar surface area (TPSA) is 51.8 Å². The van der Waals surface area contributed by atoms with E-state index in [4.69, 9.17) is 5.73 Å². The van der Waals surface area contributed by atoms with Gasteiger partial charge < -0.3 is 5.73 Å². The van der Waals surface area contributed by atoms with E-state index in [-0.39, 0.29) is 0 Å². The van der Waals surface area contributed by atoms with Crippen LogP contribution in [0, 0.1) is 13.8 Å². The highest BCUT2D eigenvalue weighted by Gasteiger charge is 2.08. The first kappa shape index (κ1) is 10.3. The summed E-state index contributed by atoms with van der Waals surface area (Å²) in [5, 5.41) is 4.07. The van der Waals surface area contributed by atoms with E-state index >= 15 is 0 Å². The molecule has 0 aromatic carbocycles. The minimum Gasteiger partial charge on any atom is -0.325 e. The van der Waals surface area contributed by atoms with Crippen LogP contribution in [0.2, 0.25) is 0 Å². The molecular formula is C11H13N3S. The second-order valence-electron chi connectivity index (χ2n) is 3.42. The molecule has 0 aliphatic heterocycles. The van der Waals surface area contributed by atoms with E-state index in [9.17, 15) is 0 Å². The van der Waals surface area contributed by atoms with Crippen LogP contribution in [0.1, 0.15) is 17.0 Å². The predicted octanol–water partition coefficient (Wildman–Crippen LogP) is 2.28. The van der Waals surface area contributed by atoms with Crippen LogP contribution >= 0.6 is 11.3 Å². The zero-order valence-corrected chi connectivity index (χ0v) is 9.64. The Hall–Kier alpha value is -1.26. The maximum Gasteiger partial charge on any atom is 0.160 e. The van der Waals surface area contributed by atoms with E-state index in [0.717, 1.165) is 28.3 Å². The Morgan fingerprint density at radius 2 is 2.13 bits per heavy atom. The van der Waals surface area contributed by atoms with Gasteiger partial charge in [-0.25, -0.2) is 9.97 Å². The summed E-state index contributed by atoms with van der Waals surface area (Å²) in [6, 6.07) is 2.02. The lowest BCUT2D eigenvalue weighted by Crippen LogP contribution is -2.07. The van der Waals surface area contributed by atoms with Gasteiger partial charge in [0.15, 0.2) is 5.82 Å². The molecule has 0 unspecified atom stereocenters. The Balaban J connectivity index is 2.55. The van der Waals surface area contributed by atoms with Crippen LogP contribution in [0.3, 0.4) is 0 Å². The van der Waals surface area contributed by atoms with E-state index in [1.54, 1.807) is 11.3 Å². The molecule has 2 N–H and O–H groups in total. The first-order chi connectivity index (χ1) is 7.22. The molecule has 2 aromatic rings. The average molecular weight is 219 g/mol. The van der Waals surface area contributed by atoms with E-state index in [0.29, 0.717) is 6.54 Å². The minimum absolute atomic E-state index is 0.465. The van der Waals surface area contributed by atoms with Gasteiger partial charge in [-0.15, -0.1) is 0 Å². The van der Waals surface area contributed by atoms with Crippen molar-refractivity contribution in [1.29, 1.82) is 0 Å². The molecule has 2 aromatic heterocycles. The predicted molar refractivity (Wildman–Crippen MR) is 62.7 cm³/mol. The van der Waals surface area contributed by atoms with Gasteiger partial charge in [0.25, 0.3) is 0 Å². The number of aromatic nitrogens is 2. The molecule has 0 saturated heterocycles. The number of hydrogen-bond donors (Lipinski definition) is 1. The molecule has 78 valence electrons. The fraction of sp³-hybridized carbons (Fsp3) is 0.273. The number of rotatable bonds is 2. The van der Waals surface area contributed by atoms with Gasteiger partial charge in [0.2, 0.25) is 0 Å². The van der Waals surface area contributed by atoms with Crippen molar-refractivity contribution >= 4 is 11.3 Å². The summed E-state index contributed by atoms with van der Waals surface area (Å²) >= 11 is 1.65. The van der Waals surface area contributed by atoms with Gasteiger partial charge in [-0.3, -0.25) is 0 Å². The SMILES string of the molecule is Cc1nc(-c2ccsc2)nc(CN)c1C. The Labute approximate surface area is 93.0 Å². The first-order valence-corrected chi connectivity index (χ1v) is 5.73. The number of nitrogens with zero attached hydrogens (tertiary/aromatic N) is 2. The Kier molecular flexibility index (Phi) is 2.79. The smallest absolute Gasteiger partial charge is 0.160 e. The van der Waals surface area contributed by atoms with Crippen molar-refractivity contribution in [3.63, 3.8) is 0 Å². The fourth-order valence-electron chi connectivity index (χ4n) is 1.41. The van der Waals surface area contributed by atoms with Crippen molar-refractivity contribution in [2.75, 3.05) is 0 Å². The molecule has 2 heterocycles. The monoisotopic (exact) mass is 219 g/mol. The van der Waals surface area contributed by atoms with Gasteiger partial charge in [0.1, 0.15) is 0 Å². The van der Waals surface area contributed by atoms with Gasteiger partial charge in [-0.2, -0.15) is 11.3 Å². The summed E-state index contributed by atoms with van der Waals surface area (Å²) in [5.74, 6) is 0.778. The molecule has 0 aliphatic carbocycles. The average Bonchev–Trinajstić information content (AvgIpc) is 2.75. The Morgan fingerprint density at radius 3 is 2.73 bits per heavy atom. The van der Waals surface area contributed by atoms with E-state index in [1.165, 1.54) is 0 Å². The molecule has 0 radical (unpaired) electrons. The molecule has 4 heteroatoms. The highest BCUT2D eigenvalue weighted by atomic mass is 32.1. The van der Waals surface area contributed by atoms with Crippen molar-refractivity contribution in [1.82, 2.24) is 9.97 Å². The molecule has 2 rings (SSSR count). The van der Waals surface area contributed by atoms with Crippen molar-refractivity contribution < 1.29 is 0 Å². The molecule has 0 amide bonds. The largest absolute Gasteiger partial charge is 0.325 e. The van der Waals surface area contributed by atoms with Gasteiger partial charge in [0.05, 0.1) is 5.69 Å². The summed E-state index contributed by atoms with van der Waals surface area (Å²) < 4.78 is 0. The number of hydrogen-bond acceptors (Lipinski definition) is 4. The molecule has 15 heavy (non-hydrogen) atoms. The first-order valence-electron chi connectivity index (χ1n) is 4.79. The summed E-state index contributed by atoms with van der Waals surface area (Å²) in [5.41, 5.74) is 9.76. The van der Waals surface area contributed by atoms with Crippen LogP contribution in [-0.4, -0.2) is 9.97 Å². The van der Waals surface area contributed by atoms with Crippen molar-refractivity contribution in [3.8, 4) is 11.4 Å². The highest BCUT2D eigenvalue weighted by Crippen LogP contribution is 2.20. The third kappa shape index (κ3) is 1.91. The molecule has 0 spiro atoms. The Morgan fingerprint density at radius 1 is 1.33 bits per heavy atom. The van der Waals surface area contributed by atoms with Crippen LogP contribution in [0.15, 0.2) is 16.8 Å². The zero-order chi connectivity index (χ0) is 10.8. The van der Waals surface area contributed by atoms with Gasteiger partial charge in [-0.1, -0.05) is 0 Å². The summed E-state index contributed by atoms with van der Waals surface area (Å²) in [7, 11) is 0. The van der Waals surface area contributed by atoms with Crippen LogP contribution < -0.4 is 5.73 Å². The number of thiophene rings is 1. The maximum absolute atomic E-state index is 5.65. The lowest BCUT2D eigenvalue weighted by Gasteiger charge is -2.07. The van der Waals surface area contributed by atoms with Gasteiger partial charge in [-0.05, 0) is 30.9 Å². The van der Waals surface area contributed by atoms with Crippen LogP contribution in [0.4, 0.5) is 0 Å². The lowest BCUT2D eigenvalue weighted by atomic mass is 10.1. The molecule has 0 aliphatic rings. The summed E-state index contributed by atoms with van der Waals surface area (Å²) in [6.45, 7) is 4.47. The van der Waals surface area contributed by atoms with Gasteiger partial charge in [0, 0.05) is 23.2 Å². The third-order valence-electron chi connectivity index (χ3n) is 2.46. The second kappa shape index (κ2) is 4.08. The quantitative estimate of drug-likeness (QED) is 0.843. The molecule has 3 nitrogen and oxygen atoms in total. The molecule has 0 atom stereocenters. The van der Waals surface area contributed by atoms with Crippen LogP contribution in [0.25, 0.3) is 11.4 Å². The molecule has 0 saturated carbocycles. The molecule has 0 fully saturated rings. The number of nitrogens with two attached hydrogens (primary N) is 1. The van der Waals surface area contributed by atoms with Crippen molar-refractivity contribution in [3.05, 3.63) is 33.8 Å². The van der Waals surface area contributed by atoms with Crippen LogP contribution in [-0.2, 0) is 6.54 Å². The minimum atomic E-state index is 0.465. The second-order valence-corrected chi connectivity index (χ2v) is 4.20. The standard InChI is InChI=1S/C11H13N3S/c1-7-8(2)13-11(14-10(7)5-12)9-3-4-15-6-9/h3-4,6H,5,12H2,1-2H3. The zero-order valence-electron chi connectivity index (χ0n) is 8.82.